The van der Waals surface area contributed by atoms with Gasteiger partial charge in [-0.3, -0.25) is 4.79 Å². The molecule has 0 aromatic heterocycles. The summed E-state index contributed by atoms with van der Waals surface area (Å²) >= 11 is 0. The van der Waals surface area contributed by atoms with Crippen molar-refractivity contribution < 1.29 is 9.90 Å². The van der Waals surface area contributed by atoms with Gasteiger partial charge in [-0.15, -0.1) is 0 Å². The first-order valence-corrected chi connectivity index (χ1v) is 6.38. The fourth-order valence-electron chi connectivity index (χ4n) is 2.89. The van der Waals surface area contributed by atoms with E-state index in [1.54, 1.807) is 0 Å². The molecule has 3 heteroatoms. The van der Waals surface area contributed by atoms with Crippen molar-refractivity contribution in [3.05, 3.63) is 0 Å². The third kappa shape index (κ3) is 2.76. The summed E-state index contributed by atoms with van der Waals surface area (Å²) in [7, 11) is 0. The standard InChI is InChI=1S/C13H25NO2/c1-4-9-5-7-10(8-6-9)13(2,3)11(14)12(15)16/h9-11H,4-8,14H2,1-3H3,(H,15,16). The maximum absolute atomic E-state index is 11.0. The Hall–Kier alpha value is -0.570. The largest absolute Gasteiger partial charge is 0.480 e. The molecule has 0 saturated heterocycles. The lowest BCUT2D eigenvalue weighted by Crippen LogP contribution is -2.48. The van der Waals surface area contributed by atoms with E-state index >= 15 is 0 Å². The van der Waals surface area contributed by atoms with E-state index in [-0.39, 0.29) is 5.41 Å². The molecule has 94 valence electrons. The van der Waals surface area contributed by atoms with Crippen LogP contribution < -0.4 is 5.73 Å². The van der Waals surface area contributed by atoms with Crippen molar-refractivity contribution in [3.8, 4) is 0 Å². The topological polar surface area (TPSA) is 63.3 Å². The van der Waals surface area contributed by atoms with Gasteiger partial charge < -0.3 is 10.8 Å². The van der Waals surface area contributed by atoms with E-state index in [1.807, 2.05) is 13.8 Å². The van der Waals surface area contributed by atoms with Crippen LogP contribution in [0.3, 0.4) is 0 Å². The molecular formula is C13H25NO2. The minimum absolute atomic E-state index is 0.287. The van der Waals surface area contributed by atoms with Crippen LogP contribution in [0, 0.1) is 17.3 Å². The number of nitrogens with two attached hydrogens (primary N) is 1. The average Bonchev–Trinajstić information content (AvgIpc) is 2.28. The number of aliphatic carboxylic acids is 1. The van der Waals surface area contributed by atoms with E-state index < -0.39 is 12.0 Å². The van der Waals surface area contributed by atoms with E-state index in [4.69, 9.17) is 10.8 Å². The highest BCUT2D eigenvalue weighted by atomic mass is 16.4. The second kappa shape index (κ2) is 5.17. The maximum atomic E-state index is 11.0. The van der Waals surface area contributed by atoms with Gasteiger partial charge in [0.05, 0.1) is 0 Å². The fraction of sp³-hybridized carbons (Fsp3) is 0.923. The zero-order valence-corrected chi connectivity index (χ0v) is 10.7. The van der Waals surface area contributed by atoms with Gasteiger partial charge in [0.15, 0.2) is 0 Å². The molecular weight excluding hydrogens is 202 g/mol. The van der Waals surface area contributed by atoms with Crippen molar-refractivity contribution in [2.45, 2.75) is 58.9 Å². The Morgan fingerprint density at radius 1 is 1.38 bits per heavy atom. The zero-order valence-electron chi connectivity index (χ0n) is 10.7. The Morgan fingerprint density at radius 3 is 2.25 bits per heavy atom. The van der Waals surface area contributed by atoms with Crippen LogP contribution in [-0.4, -0.2) is 17.1 Å². The van der Waals surface area contributed by atoms with Crippen LogP contribution in [0.2, 0.25) is 0 Å². The van der Waals surface area contributed by atoms with E-state index in [2.05, 4.69) is 6.92 Å². The predicted molar refractivity (Wildman–Crippen MR) is 65.1 cm³/mol. The number of hydrogen-bond acceptors (Lipinski definition) is 2. The van der Waals surface area contributed by atoms with Crippen molar-refractivity contribution in [2.75, 3.05) is 0 Å². The van der Waals surface area contributed by atoms with Crippen LogP contribution in [0.1, 0.15) is 52.9 Å². The third-order valence-corrected chi connectivity index (χ3v) is 4.54. The van der Waals surface area contributed by atoms with Crippen LogP contribution in [0.4, 0.5) is 0 Å². The normalized spacial score (nSPS) is 28.8. The minimum Gasteiger partial charge on any atom is -0.480 e. The monoisotopic (exact) mass is 227 g/mol. The fourth-order valence-corrected chi connectivity index (χ4v) is 2.89. The summed E-state index contributed by atoms with van der Waals surface area (Å²) in [6.07, 6.45) is 5.98. The number of hydrogen-bond donors (Lipinski definition) is 2. The van der Waals surface area contributed by atoms with Crippen molar-refractivity contribution in [3.63, 3.8) is 0 Å². The predicted octanol–water partition coefficient (Wildman–Crippen LogP) is 2.64. The maximum Gasteiger partial charge on any atom is 0.321 e. The molecule has 0 bridgehead atoms. The number of carboxylic acid groups (broad SMARTS) is 1. The van der Waals surface area contributed by atoms with Gasteiger partial charge in [0.2, 0.25) is 0 Å². The second-order valence-corrected chi connectivity index (χ2v) is 5.76. The van der Waals surface area contributed by atoms with Crippen LogP contribution in [-0.2, 0) is 4.79 Å². The summed E-state index contributed by atoms with van der Waals surface area (Å²) in [6, 6.07) is -0.740. The van der Waals surface area contributed by atoms with Gasteiger partial charge in [0.25, 0.3) is 0 Å². The highest BCUT2D eigenvalue weighted by Gasteiger charge is 2.40. The molecule has 0 heterocycles. The van der Waals surface area contributed by atoms with Crippen LogP contribution in [0.5, 0.6) is 0 Å². The van der Waals surface area contributed by atoms with E-state index in [0.29, 0.717) is 5.92 Å². The molecule has 1 rings (SSSR count). The number of carbonyl (C=O) groups is 1. The average molecular weight is 227 g/mol. The molecule has 0 radical (unpaired) electrons. The van der Waals surface area contributed by atoms with Crippen LogP contribution in [0.15, 0.2) is 0 Å². The Balaban J connectivity index is 2.60. The molecule has 3 nitrogen and oxygen atoms in total. The lowest BCUT2D eigenvalue weighted by Gasteiger charge is -2.41. The lowest BCUT2D eigenvalue weighted by atomic mass is 9.65. The summed E-state index contributed by atoms with van der Waals surface area (Å²) in [6.45, 7) is 6.24. The summed E-state index contributed by atoms with van der Waals surface area (Å²) in [5.41, 5.74) is 5.51. The Kier molecular flexibility index (Phi) is 4.36. The quantitative estimate of drug-likeness (QED) is 0.776. The van der Waals surface area contributed by atoms with E-state index in [1.165, 1.54) is 19.3 Å². The number of carboxylic acids is 1. The summed E-state index contributed by atoms with van der Waals surface area (Å²) in [4.78, 5) is 11.0. The Labute approximate surface area is 98.4 Å². The zero-order chi connectivity index (χ0) is 12.3. The Bertz CT molecular complexity index is 242. The van der Waals surface area contributed by atoms with Gasteiger partial charge in [0.1, 0.15) is 6.04 Å². The van der Waals surface area contributed by atoms with Crippen molar-refractivity contribution >= 4 is 5.97 Å². The van der Waals surface area contributed by atoms with Crippen molar-refractivity contribution in [1.29, 1.82) is 0 Å². The molecule has 1 aliphatic rings. The first-order valence-electron chi connectivity index (χ1n) is 6.38. The minimum atomic E-state index is -0.873. The molecule has 16 heavy (non-hydrogen) atoms. The van der Waals surface area contributed by atoms with Crippen molar-refractivity contribution in [2.24, 2.45) is 23.0 Å². The molecule has 0 aliphatic heterocycles. The SMILES string of the molecule is CCC1CCC(C(C)(C)C(N)C(=O)O)CC1. The van der Waals surface area contributed by atoms with Gasteiger partial charge in [-0.05, 0) is 30.1 Å². The molecule has 0 amide bonds. The first-order chi connectivity index (χ1) is 7.39. The van der Waals surface area contributed by atoms with Gasteiger partial charge in [-0.25, -0.2) is 0 Å². The molecule has 1 atom stereocenters. The third-order valence-electron chi connectivity index (χ3n) is 4.54. The summed E-state index contributed by atoms with van der Waals surface area (Å²) < 4.78 is 0. The molecule has 1 unspecified atom stereocenters. The molecule has 0 spiro atoms. The molecule has 0 aromatic rings. The first kappa shape index (κ1) is 13.5. The van der Waals surface area contributed by atoms with E-state index in [0.717, 1.165) is 18.8 Å². The highest BCUT2D eigenvalue weighted by molar-refractivity contribution is 5.74. The molecule has 0 aromatic carbocycles. The van der Waals surface area contributed by atoms with Gasteiger partial charge in [0, 0.05) is 0 Å². The van der Waals surface area contributed by atoms with E-state index in [9.17, 15) is 4.79 Å². The second-order valence-electron chi connectivity index (χ2n) is 5.76. The lowest BCUT2D eigenvalue weighted by molar-refractivity contribution is -0.142. The van der Waals surface area contributed by atoms with Crippen LogP contribution in [0.25, 0.3) is 0 Å². The van der Waals surface area contributed by atoms with Gasteiger partial charge >= 0.3 is 5.97 Å². The molecule has 3 N–H and O–H groups in total. The van der Waals surface area contributed by atoms with Gasteiger partial charge in [-0.2, -0.15) is 0 Å². The molecule has 1 aliphatic carbocycles. The van der Waals surface area contributed by atoms with Crippen molar-refractivity contribution in [1.82, 2.24) is 0 Å². The summed E-state index contributed by atoms with van der Waals surface area (Å²) in [5, 5.41) is 9.02. The Morgan fingerprint density at radius 2 is 1.88 bits per heavy atom. The number of rotatable bonds is 4. The van der Waals surface area contributed by atoms with Gasteiger partial charge in [-0.1, -0.05) is 40.0 Å². The van der Waals surface area contributed by atoms with Crippen LogP contribution >= 0.6 is 0 Å². The molecule has 1 saturated carbocycles. The summed E-state index contributed by atoms with van der Waals surface area (Å²) in [5.74, 6) is 0.428. The smallest absolute Gasteiger partial charge is 0.321 e. The molecule has 1 fully saturated rings. The highest BCUT2D eigenvalue weighted by Crippen LogP contribution is 2.42.